The van der Waals surface area contributed by atoms with E-state index in [2.05, 4.69) is 6.08 Å². The zero-order valence-corrected chi connectivity index (χ0v) is 14.5. The molecule has 1 heterocycles. The van der Waals surface area contributed by atoms with Crippen LogP contribution in [-0.2, 0) is 9.53 Å². The average molecular weight is 341 g/mol. The van der Waals surface area contributed by atoms with E-state index in [0.717, 1.165) is 18.4 Å². The van der Waals surface area contributed by atoms with Gasteiger partial charge >= 0.3 is 0 Å². The Kier molecular flexibility index (Phi) is 4.80. The van der Waals surface area contributed by atoms with Gasteiger partial charge in [0.25, 0.3) is 0 Å². The van der Waals surface area contributed by atoms with Crippen molar-refractivity contribution in [3.05, 3.63) is 41.5 Å². The molecule has 0 unspecified atom stereocenters. The van der Waals surface area contributed by atoms with Gasteiger partial charge in [0.15, 0.2) is 0 Å². The normalized spacial score (nSPS) is 31.4. The number of ether oxygens (including phenoxy) is 2. The number of rotatable bonds is 4. The van der Waals surface area contributed by atoms with Gasteiger partial charge in [-0.25, -0.2) is 0 Å². The highest BCUT2D eigenvalue weighted by Crippen LogP contribution is 2.52. The maximum Gasteiger partial charge on any atom is 0.128 e. The van der Waals surface area contributed by atoms with Gasteiger partial charge in [0, 0.05) is 17.4 Å². The maximum absolute atomic E-state index is 10.8. The van der Waals surface area contributed by atoms with Crippen LogP contribution in [0.25, 0.3) is 0 Å². The van der Waals surface area contributed by atoms with E-state index in [9.17, 15) is 9.90 Å². The van der Waals surface area contributed by atoms with Crippen LogP contribution in [0.15, 0.2) is 35.9 Å². The van der Waals surface area contributed by atoms with E-state index in [1.165, 1.54) is 32.1 Å². The van der Waals surface area contributed by atoms with Gasteiger partial charge in [-0.15, -0.1) is 0 Å². The summed E-state index contributed by atoms with van der Waals surface area (Å²) in [6.45, 7) is -0.427. The Balaban J connectivity index is 1.66. The summed E-state index contributed by atoms with van der Waals surface area (Å²) in [6.07, 6.45) is 11.1. The molecule has 4 rings (SSSR count). The minimum absolute atomic E-state index is 0.0381. The third-order valence-corrected chi connectivity index (χ3v) is 5.92. The number of carbonyl (C=O) groups excluding carboxylic acids is 1. The molecule has 1 aliphatic heterocycles. The summed E-state index contributed by atoms with van der Waals surface area (Å²) in [5.41, 5.74) is 2.56. The van der Waals surface area contributed by atoms with Gasteiger partial charge < -0.3 is 19.4 Å². The van der Waals surface area contributed by atoms with Crippen LogP contribution in [0.4, 0.5) is 0 Å². The van der Waals surface area contributed by atoms with Gasteiger partial charge in [0.05, 0.1) is 18.2 Å². The molecule has 1 saturated carbocycles. The number of carboxylic acid groups (broad SMARTS) is 1. The molecule has 4 nitrogen and oxygen atoms in total. The lowest BCUT2D eigenvalue weighted by molar-refractivity contribution is -0.307. The zero-order valence-electron chi connectivity index (χ0n) is 14.5. The lowest BCUT2D eigenvalue weighted by Gasteiger charge is -2.47. The molecule has 1 aromatic carbocycles. The summed E-state index contributed by atoms with van der Waals surface area (Å²) in [5.74, 6) is 0.369. The van der Waals surface area contributed by atoms with Gasteiger partial charge in [-0.3, -0.25) is 0 Å². The number of fused-ring (bicyclic) bond motifs is 3. The summed E-state index contributed by atoms with van der Waals surface area (Å²) in [6, 6.07) is 7.70. The summed E-state index contributed by atoms with van der Waals surface area (Å²) in [5, 5.41) is 10.8. The monoisotopic (exact) mass is 341 g/mol. The summed E-state index contributed by atoms with van der Waals surface area (Å²) in [4.78, 5) is 10.8. The fourth-order valence-electron chi connectivity index (χ4n) is 4.88. The Bertz CT molecular complexity index is 666. The van der Waals surface area contributed by atoms with E-state index in [1.807, 2.05) is 24.3 Å². The third kappa shape index (κ3) is 3.32. The molecule has 4 heteroatoms. The minimum atomic E-state index is -1.20. The van der Waals surface area contributed by atoms with Crippen LogP contribution >= 0.6 is 0 Å². The zero-order chi connectivity index (χ0) is 17.2. The molecule has 0 spiro atoms. The lowest BCUT2D eigenvalue weighted by Crippen LogP contribution is -2.41. The number of hydrogen-bond acceptors (Lipinski definition) is 4. The van der Waals surface area contributed by atoms with Crippen molar-refractivity contribution in [3.63, 3.8) is 0 Å². The Hall–Kier alpha value is -1.81. The Morgan fingerprint density at radius 1 is 1.12 bits per heavy atom. The van der Waals surface area contributed by atoms with E-state index in [-0.39, 0.29) is 12.2 Å². The predicted octanol–water partition coefficient (Wildman–Crippen LogP) is 3.17. The topological polar surface area (TPSA) is 58.6 Å². The number of allylic oxidation sites excluding steroid dienone is 1. The highest BCUT2D eigenvalue weighted by molar-refractivity contribution is 5.66. The van der Waals surface area contributed by atoms with Crippen LogP contribution in [0.1, 0.15) is 56.6 Å². The molecule has 0 radical (unpaired) electrons. The Morgan fingerprint density at radius 2 is 1.92 bits per heavy atom. The number of carboxylic acids is 1. The molecule has 1 saturated heterocycles. The van der Waals surface area contributed by atoms with Gasteiger partial charge in [0.2, 0.25) is 0 Å². The molecule has 0 aromatic heterocycles. The predicted molar refractivity (Wildman–Crippen MR) is 91.9 cm³/mol. The van der Waals surface area contributed by atoms with Gasteiger partial charge in [-0.05, 0) is 38.2 Å². The molecular weight excluding hydrogens is 316 g/mol. The van der Waals surface area contributed by atoms with Crippen LogP contribution in [0.3, 0.4) is 0 Å². The fraction of sp³-hybridized carbons (Fsp3) is 0.571. The maximum atomic E-state index is 10.8. The van der Waals surface area contributed by atoms with Crippen molar-refractivity contribution < 1.29 is 19.4 Å². The second kappa shape index (κ2) is 7.20. The molecule has 0 N–H and O–H groups in total. The van der Waals surface area contributed by atoms with E-state index in [4.69, 9.17) is 9.47 Å². The number of aliphatic carboxylic acids is 1. The molecule has 0 amide bonds. The molecule has 2 fully saturated rings. The summed E-state index contributed by atoms with van der Waals surface area (Å²) >= 11 is 0. The fourth-order valence-corrected chi connectivity index (χ4v) is 4.88. The van der Waals surface area contributed by atoms with E-state index in [1.54, 1.807) is 5.57 Å². The first-order valence-electron chi connectivity index (χ1n) is 9.51. The van der Waals surface area contributed by atoms with Crippen molar-refractivity contribution in [1.82, 2.24) is 0 Å². The standard InChI is InChI=1S/C21H26O4/c22-20(23)13-24-18-11-5-4-10-17(18)21-16-9-2-1-7-14(16)15-8-3-6-12-19(15)25-21/h4-5,7,10-11,15-16,19,21H,1-3,6,8-9,12-13H2,(H,22,23)/p-1/t15-,16+,19-,21+/m0/s1. The number of benzene rings is 1. The van der Waals surface area contributed by atoms with Crippen LogP contribution in [0, 0.1) is 11.8 Å². The average Bonchev–Trinajstić information content (AvgIpc) is 2.66. The molecule has 1 aromatic rings. The first-order chi connectivity index (χ1) is 12.2. The van der Waals surface area contributed by atoms with Crippen molar-refractivity contribution in [2.45, 2.75) is 57.2 Å². The van der Waals surface area contributed by atoms with Crippen molar-refractivity contribution >= 4 is 5.97 Å². The van der Waals surface area contributed by atoms with Crippen molar-refractivity contribution in [2.24, 2.45) is 11.8 Å². The van der Waals surface area contributed by atoms with Crippen LogP contribution in [0.5, 0.6) is 5.75 Å². The Labute approximate surface area is 148 Å². The quantitative estimate of drug-likeness (QED) is 0.789. The molecule has 3 aliphatic rings. The molecule has 134 valence electrons. The van der Waals surface area contributed by atoms with Gasteiger partial charge in [-0.2, -0.15) is 0 Å². The van der Waals surface area contributed by atoms with E-state index in [0.29, 0.717) is 17.6 Å². The lowest BCUT2D eigenvalue weighted by atomic mass is 9.68. The van der Waals surface area contributed by atoms with Gasteiger partial charge in [-0.1, -0.05) is 42.7 Å². The number of hydrogen-bond donors (Lipinski definition) is 0. The molecular formula is C21H25O4-. The molecule has 25 heavy (non-hydrogen) atoms. The molecule has 2 aliphatic carbocycles. The van der Waals surface area contributed by atoms with E-state index < -0.39 is 12.6 Å². The Morgan fingerprint density at radius 3 is 2.80 bits per heavy atom. The number of carbonyl (C=O) groups is 1. The highest BCUT2D eigenvalue weighted by atomic mass is 16.5. The molecule has 4 atom stereocenters. The second-order valence-electron chi connectivity index (χ2n) is 7.43. The number of para-hydroxylation sites is 1. The van der Waals surface area contributed by atoms with Crippen molar-refractivity contribution in [3.8, 4) is 5.75 Å². The van der Waals surface area contributed by atoms with Crippen LogP contribution in [-0.4, -0.2) is 18.7 Å². The molecule has 0 bridgehead atoms. The third-order valence-electron chi connectivity index (χ3n) is 5.92. The highest BCUT2D eigenvalue weighted by Gasteiger charge is 2.44. The second-order valence-corrected chi connectivity index (χ2v) is 7.43. The summed E-state index contributed by atoms with van der Waals surface area (Å²) in [7, 11) is 0. The smallest absolute Gasteiger partial charge is 0.128 e. The summed E-state index contributed by atoms with van der Waals surface area (Å²) < 4.78 is 12.1. The minimum Gasteiger partial charge on any atom is -0.546 e. The SMILES string of the molecule is O=C([O-])COc1ccccc1[C@@H]1O[C@H]2CCCC[C@H]2C2=CCCC[C@H]21. The first-order valence-corrected chi connectivity index (χ1v) is 9.51. The van der Waals surface area contributed by atoms with Gasteiger partial charge in [0.1, 0.15) is 12.4 Å². The van der Waals surface area contributed by atoms with Crippen molar-refractivity contribution in [2.75, 3.05) is 6.61 Å². The largest absolute Gasteiger partial charge is 0.546 e. The first kappa shape index (κ1) is 16.6. The van der Waals surface area contributed by atoms with Crippen LogP contribution in [0.2, 0.25) is 0 Å². The van der Waals surface area contributed by atoms with Crippen molar-refractivity contribution in [1.29, 1.82) is 0 Å². The van der Waals surface area contributed by atoms with E-state index >= 15 is 0 Å². The van der Waals surface area contributed by atoms with Crippen LogP contribution < -0.4 is 9.84 Å².